The average Bonchev–Trinajstić information content (AvgIpc) is 2.92. The number of rotatable bonds is 5. The van der Waals surface area contributed by atoms with Crippen LogP contribution in [0.25, 0.3) is 0 Å². The van der Waals surface area contributed by atoms with E-state index in [1.54, 1.807) is 11.9 Å². The van der Waals surface area contributed by atoms with Gasteiger partial charge in [-0.15, -0.1) is 0 Å². The highest BCUT2D eigenvalue weighted by Gasteiger charge is 2.12. The molecular formula is C19H25N3. The zero-order valence-electron chi connectivity index (χ0n) is 13.3. The van der Waals surface area contributed by atoms with Gasteiger partial charge in [-0.2, -0.15) is 0 Å². The van der Waals surface area contributed by atoms with Crippen LogP contribution in [0.2, 0.25) is 0 Å². The molecule has 0 spiro atoms. The Labute approximate surface area is 132 Å². The predicted octanol–water partition coefficient (Wildman–Crippen LogP) is 3.92. The van der Waals surface area contributed by atoms with Crippen LogP contribution >= 0.6 is 0 Å². The first-order valence-corrected chi connectivity index (χ1v) is 8.25. The molecule has 0 saturated heterocycles. The summed E-state index contributed by atoms with van der Waals surface area (Å²) in [4.78, 5) is 7.23. The summed E-state index contributed by atoms with van der Waals surface area (Å²) in [7, 11) is 0. The summed E-state index contributed by atoms with van der Waals surface area (Å²) in [5.41, 5.74) is 5.50. The van der Waals surface area contributed by atoms with Crippen molar-refractivity contribution < 1.29 is 0 Å². The third-order valence-electron chi connectivity index (χ3n) is 4.32. The van der Waals surface area contributed by atoms with Crippen molar-refractivity contribution in [3.8, 4) is 0 Å². The van der Waals surface area contributed by atoms with Crippen LogP contribution in [-0.4, -0.2) is 16.0 Å². The molecule has 3 nitrogen and oxygen atoms in total. The molecular weight excluding hydrogens is 270 g/mol. The first-order valence-electron chi connectivity index (χ1n) is 8.25. The van der Waals surface area contributed by atoms with E-state index in [9.17, 15) is 0 Å². The minimum Gasteiger partial charge on any atom is -0.347 e. The van der Waals surface area contributed by atoms with Crippen molar-refractivity contribution in [2.24, 2.45) is 0 Å². The number of H-pyrrole nitrogens is 1. The van der Waals surface area contributed by atoms with Crippen molar-refractivity contribution in [1.82, 2.24) is 15.3 Å². The molecule has 3 heteroatoms. The van der Waals surface area contributed by atoms with Crippen molar-refractivity contribution in [2.75, 3.05) is 0 Å². The molecule has 22 heavy (non-hydrogen) atoms. The molecule has 1 aliphatic rings. The maximum absolute atomic E-state index is 4.07. The van der Waals surface area contributed by atoms with E-state index in [1.807, 2.05) is 6.20 Å². The third kappa shape index (κ3) is 4.31. The number of aromatic nitrogens is 2. The fraction of sp³-hybridized carbons (Fsp3) is 0.421. The van der Waals surface area contributed by atoms with E-state index in [4.69, 9.17) is 0 Å². The predicted molar refractivity (Wildman–Crippen MR) is 90.6 cm³/mol. The highest BCUT2D eigenvalue weighted by molar-refractivity contribution is 5.27. The van der Waals surface area contributed by atoms with Gasteiger partial charge in [0.25, 0.3) is 0 Å². The lowest BCUT2D eigenvalue weighted by Crippen LogP contribution is -2.26. The average molecular weight is 295 g/mol. The van der Waals surface area contributed by atoms with Gasteiger partial charge < -0.3 is 10.3 Å². The maximum Gasteiger partial charge on any atom is 0.0922 e. The number of hydrogen-bond acceptors (Lipinski definition) is 2. The van der Waals surface area contributed by atoms with Crippen LogP contribution in [0.4, 0.5) is 0 Å². The Morgan fingerprint density at radius 2 is 2.27 bits per heavy atom. The summed E-state index contributed by atoms with van der Waals surface area (Å²) < 4.78 is 0. The quantitative estimate of drug-likeness (QED) is 0.821. The molecule has 1 unspecified atom stereocenters. The monoisotopic (exact) mass is 295 g/mol. The molecule has 0 saturated carbocycles. The van der Waals surface area contributed by atoms with E-state index in [1.165, 1.54) is 36.8 Å². The molecule has 0 radical (unpaired) electrons. The molecule has 0 bridgehead atoms. The first kappa shape index (κ1) is 15.0. The SMILES string of the molecule is Cc1cccc(CC2=CC(NCc3cnc[nH]3)CCCC2)c1. The zero-order chi connectivity index (χ0) is 15.2. The number of imidazole rings is 1. The van der Waals surface area contributed by atoms with Crippen LogP contribution in [0.1, 0.15) is 42.5 Å². The topological polar surface area (TPSA) is 40.7 Å². The number of hydrogen-bond donors (Lipinski definition) is 2. The van der Waals surface area contributed by atoms with Gasteiger partial charge in [0.1, 0.15) is 0 Å². The lowest BCUT2D eigenvalue weighted by atomic mass is 9.99. The molecule has 1 aromatic carbocycles. The van der Waals surface area contributed by atoms with Gasteiger partial charge in [-0.1, -0.05) is 47.9 Å². The van der Waals surface area contributed by atoms with Crippen molar-refractivity contribution in [3.05, 3.63) is 65.3 Å². The number of nitrogens with one attached hydrogen (secondary N) is 2. The number of allylic oxidation sites excluding steroid dienone is 1. The smallest absolute Gasteiger partial charge is 0.0922 e. The summed E-state index contributed by atoms with van der Waals surface area (Å²) in [6.07, 6.45) is 12.2. The normalized spacial score (nSPS) is 18.8. The summed E-state index contributed by atoms with van der Waals surface area (Å²) in [6, 6.07) is 9.35. The highest BCUT2D eigenvalue weighted by atomic mass is 15.0. The molecule has 116 valence electrons. The van der Waals surface area contributed by atoms with E-state index >= 15 is 0 Å². The zero-order valence-corrected chi connectivity index (χ0v) is 13.3. The fourth-order valence-electron chi connectivity index (χ4n) is 3.18. The molecule has 1 aliphatic carbocycles. The molecule has 2 aromatic rings. The summed E-state index contributed by atoms with van der Waals surface area (Å²) in [5, 5.41) is 3.64. The Balaban J connectivity index is 1.63. The van der Waals surface area contributed by atoms with Crippen molar-refractivity contribution in [1.29, 1.82) is 0 Å². The van der Waals surface area contributed by atoms with E-state index in [2.05, 4.69) is 52.5 Å². The van der Waals surface area contributed by atoms with E-state index in [0.717, 1.165) is 18.7 Å². The van der Waals surface area contributed by atoms with Gasteiger partial charge in [-0.25, -0.2) is 4.98 Å². The number of aryl methyl sites for hydroxylation is 1. The van der Waals surface area contributed by atoms with Crippen LogP contribution in [0.3, 0.4) is 0 Å². The molecule has 1 atom stereocenters. The number of benzene rings is 1. The van der Waals surface area contributed by atoms with Crippen LogP contribution in [0.15, 0.2) is 48.4 Å². The minimum atomic E-state index is 0.477. The van der Waals surface area contributed by atoms with E-state index < -0.39 is 0 Å². The third-order valence-corrected chi connectivity index (χ3v) is 4.32. The van der Waals surface area contributed by atoms with Gasteiger partial charge in [-0.05, 0) is 38.2 Å². The van der Waals surface area contributed by atoms with E-state index in [0.29, 0.717) is 6.04 Å². The summed E-state index contributed by atoms with van der Waals surface area (Å²) in [6.45, 7) is 3.03. The molecule has 1 aromatic heterocycles. The summed E-state index contributed by atoms with van der Waals surface area (Å²) in [5.74, 6) is 0. The second kappa shape index (κ2) is 7.41. The van der Waals surface area contributed by atoms with Crippen LogP contribution in [0.5, 0.6) is 0 Å². The van der Waals surface area contributed by atoms with Gasteiger partial charge in [0.15, 0.2) is 0 Å². The van der Waals surface area contributed by atoms with Crippen LogP contribution < -0.4 is 5.32 Å². The van der Waals surface area contributed by atoms with Crippen LogP contribution in [0, 0.1) is 6.92 Å². The first-order chi connectivity index (χ1) is 10.8. The van der Waals surface area contributed by atoms with Gasteiger partial charge in [-0.3, -0.25) is 0 Å². The Hall–Kier alpha value is -1.87. The van der Waals surface area contributed by atoms with Gasteiger partial charge >= 0.3 is 0 Å². The van der Waals surface area contributed by atoms with Crippen molar-refractivity contribution in [3.63, 3.8) is 0 Å². The van der Waals surface area contributed by atoms with Gasteiger partial charge in [0.05, 0.1) is 6.33 Å². The standard InChI is InChI=1S/C19H25N3/c1-15-5-4-7-16(9-15)10-17-6-2-3-8-18(11-17)21-13-19-12-20-14-22-19/h4-5,7,9,11-12,14,18,21H,2-3,6,8,10,13H2,1H3,(H,20,22). The minimum absolute atomic E-state index is 0.477. The summed E-state index contributed by atoms with van der Waals surface area (Å²) >= 11 is 0. The largest absolute Gasteiger partial charge is 0.347 e. The molecule has 0 fully saturated rings. The second-order valence-corrected chi connectivity index (χ2v) is 6.30. The number of aromatic amines is 1. The Morgan fingerprint density at radius 3 is 3.09 bits per heavy atom. The lowest BCUT2D eigenvalue weighted by Gasteiger charge is -2.14. The van der Waals surface area contributed by atoms with Gasteiger partial charge in [0, 0.05) is 24.5 Å². The Kier molecular flexibility index (Phi) is 5.07. The molecule has 2 N–H and O–H groups in total. The lowest BCUT2D eigenvalue weighted by molar-refractivity contribution is 0.535. The maximum atomic E-state index is 4.07. The van der Waals surface area contributed by atoms with Gasteiger partial charge in [0.2, 0.25) is 0 Å². The van der Waals surface area contributed by atoms with E-state index in [-0.39, 0.29) is 0 Å². The molecule has 3 rings (SSSR count). The second-order valence-electron chi connectivity index (χ2n) is 6.30. The van der Waals surface area contributed by atoms with Crippen LogP contribution in [-0.2, 0) is 13.0 Å². The number of nitrogens with zero attached hydrogens (tertiary/aromatic N) is 1. The van der Waals surface area contributed by atoms with Crippen molar-refractivity contribution in [2.45, 2.75) is 51.6 Å². The molecule has 1 heterocycles. The Bertz CT molecular complexity index is 613. The highest BCUT2D eigenvalue weighted by Crippen LogP contribution is 2.21. The van der Waals surface area contributed by atoms with Crippen molar-refractivity contribution >= 4 is 0 Å². The molecule has 0 amide bonds. The fourth-order valence-corrected chi connectivity index (χ4v) is 3.18. The Morgan fingerprint density at radius 1 is 1.32 bits per heavy atom. The molecule has 0 aliphatic heterocycles.